The molecule has 3 aromatic rings. The van der Waals surface area contributed by atoms with Crippen LogP contribution < -0.4 is 4.74 Å². The summed E-state index contributed by atoms with van der Waals surface area (Å²) in [6.07, 6.45) is 0. The molecule has 0 bridgehead atoms. The lowest BCUT2D eigenvalue weighted by Gasteiger charge is -2.09. The molecule has 0 amide bonds. The van der Waals surface area contributed by atoms with E-state index in [0.29, 0.717) is 19.0 Å². The van der Waals surface area contributed by atoms with Gasteiger partial charge in [0.25, 0.3) is 0 Å². The molecule has 0 N–H and O–H groups in total. The minimum atomic E-state index is -0.338. The summed E-state index contributed by atoms with van der Waals surface area (Å²) in [5, 5.41) is 0.922. The maximum atomic E-state index is 13.5. The van der Waals surface area contributed by atoms with Crippen LogP contribution in [0.4, 0.5) is 4.39 Å². The molecule has 2 aromatic carbocycles. The molecule has 0 aliphatic rings. The first kappa shape index (κ1) is 16.8. The zero-order chi connectivity index (χ0) is 16.8. The topological polar surface area (TPSA) is 36.3 Å². The Kier molecular flexibility index (Phi) is 5.72. The van der Waals surface area contributed by atoms with Crippen molar-refractivity contribution in [3.05, 3.63) is 54.3 Å². The van der Waals surface area contributed by atoms with E-state index in [1.807, 2.05) is 18.2 Å². The molecule has 0 spiro atoms. The summed E-state index contributed by atoms with van der Waals surface area (Å²) >= 11 is 1.60. The molecule has 0 aliphatic carbocycles. The first-order valence-electron chi connectivity index (χ1n) is 7.74. The largest absolute Gasteiger partial charge is 0.490 e. The minimum Gasteiger partial charge on any atom is -0.490 e. The molecule has 0 saturated carbocycles. The number of imidazole rings is 1. The lowest BCUT2D eigenvalue weighted by molar-refractivity contribution is 0.186. The second-order valence-electron chi connectivity index (χ2n) is 5.15. The smallest absolute Gasteiger partial charge is 0.169 e. The number of hydrogen-bond donors (Lipinski definition) is 0. The number of benzene rings is 2. The van der Waals surface area contributed by atoms with Crippen LogP contribution in [-0.4, -0.2) is 35.6 Å². The van der Waals surface area contributed by atoms with E-state index >= 15 is 0 Å². The van der Waals surface area contributed by atoms with Crippen molar-refractivity contribution in [1.29, 1.82) is 0 Å². The molecule has 4 nitrogen and oxygen atoms in total. The third-order valence-electron chi connectivity index (χ3n) is 3.55. The number of para-hydroxylation sites is 3. The third kappa shape index (κ3) is 3.88. The summed E-state index contributed by atoms with van der Waals surface area (Å²) in [5.74, 6) is 0.630. The number of halogens is 1. The molecule has 1 heterocycles. The van der Waals surface area contributed by atoms with E-state index in [2.05, 4.69) is 15.6 Å². The Hall–Kier alpha value is -2.05. The maximum absolute atomic E-state index is 13.5. The molecular weight excluding hydrogens is 327 g/mol. The third-order valence-corrected chi connectivity index (χ3v) is 4.49. The van der Waals surface area contributed by atoms with Gasteiger partial charge in [-0.2, -0.15) is 0 Å². The Bertz CT molecular complexity index is 807. The summed E-state index contributed by atoms with van der Waals surface area (Å²) in [6, 6.07) is 14.5. The Balaban J connectivity index is 1.65. The van der Waals surface area contributed by atoms with Gasteiger partial charge in [-0.05, 0) is 24.3 Å². The molecule has 0 fully saturated rings. The average Bonchev–Trinajstić information content (AvgIpc) is 2.96. The summed E-state index contributed by atoms with van der Waals surface area (Å²) < 4.78 is 26.4. The number of rotatable bonds is 8. The average molecular weight is 346 g/mol. The molecule has 0 atom stereocenters. The van der Waals surface area contributed by atoms with Crippen molar-refractivity contribution < 1.29 is 13.9 Å². The molecule has 24 heavy (non-hydrogen) atoms. The van der Waals surface area contributed by atoms with Gasteiger partial charge in [-0.1, -0.05) is 36.0 Å². The highest BCUT2D eigenvalue weighted by Gasteiger charge is 2.11. The lowest BCUT2D eigenvalue weighted by Crippen LogP contribution is -2.07. The minimum absolute atomic E-state index is 0.283. The number of thioether (sulfide) groups is 1. The number of ether oxygens (including phenoxy) is 2. The fourth-order valence-electron chi connectivity index (χ4n) is 2.41. The highest BCUT2D eigenvalue weighted by molar-refractivity contribution is 7.99. The van der Waals surface area contributed by atoms with Gasteiger partial charge in [-0.25, -0.2) is 9.37 Å². The summed E-state index contributed by atoms with van der Waals surface area (Å²) in [7, 11) is 1.69. The summed E-state index contributed by atoms with van der Waals surface area (Å²) in [4.78, 5) is 4.67. The van der Waals surface area contributed by atoms with Crippen LogP contribution >= 0.6 is 11.8 Å². The van der Waals surface area contributed by atoms with Gasteiger partial charge in [0.2, 0.25) is 0 Å². The van der Waals surface area contributed by atoms with Crippen molar-refractivity contribution in [2.75, 3.05) is 26.1 Å². The van der Waals surface area contributed by atoms with E-state index in [9.17, 15) is 4.39 Å². The van der Waals surface area contributed by atoms with E-state index in [-0.39, 0.29) is 11.6 Å². The van der Waals surface area contributed by atoms with Crippen molar-refractivity contribution in [3.63, 3.8) is 0 Å². The van der Waals surface area contributed by atoms with Gasteiger partial charge in [0.1, 0.15) is 0 Å². The van der Waals surface area contributed by atoms with E-state index in [4.69, 9.17) is 9.47 Å². The van der Waals surface area contributed by atoms with Crippen LogP contribution in [0.2, 0.25) is 0 Å². The molecular formula is C18H19FN2O2S. The number of aromatic nitrogens is 2. The molecule has 1 aromatic heterocycles. The van der Waals surface area contributed by atoms with E-state index in [0.717, 1.165) is 22.7 Å². The molecule has 0 aliphatic heterocycles. The first-order chi connectivity index (χ1) is 11.8. The molecule has 6 heteroatoms. The van der Waals surface area contributed by atoms with Crippen molar-refractivity contribution >= 4 is 22.8 Å². The zero-order valence-corrected chi connectivity index (χ0v) is 14.3. The van der Waals surface area contributed by atoms with Crippen LogP contribution in [0, 0.1) is 5.82 Å². The quantitative estimate of drug-likeness (QED) is 0.456. The SMILES string of the molecule is COCCn1c(SCCOc2ccccc2F)nc2ccccc21. The van der Waals surface area contributed by atoms with Crippen molar-refractivity contribution in [3.8, 4) is 5.75 Å². The van der Waals surface area contributed by atoms with Gasteiger partial charge in [0, 0.05) is 19.4 Å². The Morgan fingerprint density at radius 3 is 2.71 bits per heavy atom. The van der Waals surface area contributed by atoms with Crippen molar-refractivity contribution in [1.82, 2.24) is 9.55 Å². The van der Waals surface area contributed by atoms with Crippen molar-refractivity contribution in [2.45, 2.75) is 11.7 Å². The number of nitrogens with zero attached hydrogens (tertiary/aromatic N) is 2. The van der Waals surface area contributed by atoms with Crippen LogP contribution in [0.1, 0.15) is 0 Å². The van der Waals surface area contributed by atoms with E-state index in [1.165, 1.54) is 6.07 Å². The predicted octanol–water partition coefficient (Wildman–Crippen LogP) is 3.99. The van der Waals surface area contributed by atoms with Gasteiger partial charge < -0.3 is 14.0 Å². The van der Waals surface area contributed by atoms with E-state index < -0.39 is 0 Å². The fourth-order valence-corrected chi connectivity index (χ4v) is 3.27. The second kappa shape index (κ2) is 8.17. The summed E-state index contributed by atoms with van der Waals surface area (Å²) in [6.45, 7) is 1.78. The van der Waals surface area contributed by atoms with Crippen LogP contribution in [0.5, 0.6) is 5.75 Å². The van der Waals surface area contributed by atoms with Gasteiger partial charge in [0.05, 0.1) is 24.2 Å². The van der Waals surface area contributed by atoms with Crippen molar-refractivity contribution in [2.24, 2.45) is 0 Å². The van der Waals surface area contributed by atoms with Gasteiger partial charge in [0.15, 0.2) is 16.7 Å². The van der Waals surface area contributed by atoms with Gasteiger partial charge in [-0.3, -0.25) is 0 Å². The fraction of sp³-hybridized carbons (Fsp3) is 0.278. The zero-order valence-electron chi connectivity index (χ0n) is 13.4. The highest BCUT2D eigenvalue weighted by Crippen LogP contribution is 2.24. The van der Waals surface area contributed by atoms with Crippen LogP contribution in [0.25, 0.3) is 11.0 Å². The molecule has 0 unspecified atom stereocenters. The molecule has 126 valence electrons. The Morgan fingerprint density at radius 1 is 1.08 bits per heavy atom. The Labute approximate surface area is 144 Å². The maximum Gasteiger partial charge on any atom is 0.169 e. The standard InChI is InChI=1S/C18H19FN2O2S/c1-22-11-10-21-16-8-4-3-7-15(16)20-18(21)24-13-12-23-17-9-5-2-6-14(17)19/h2-9H,10-13H2,1H3. The number of methoxy groups -OCH3 is 1. The Morgan fingerprint density at radius 2 is 1.88 bits per heavy atom. The summed E-state index contributed by atoms with van der Waals surface area (Å²) in [5.41, 5.74) is 2.05. The van der Waals surface area contributed by atoms with Crippen LogP contribution in [0.3, 0.4) is 0 Å². The normalized spacial score (nSPS) is 11.1. The number of hydrogen-bond acceptors (Lipinski definition) is 4. The van der Waals surface area contributed by atoms with Gasteiger partial charge in [-0.15, -0.1) is 0 Å². The van der Waals surface area contributed by atoms with Crippen LogP contribution in [-0.2, 0) is 11.3 Å². The molecule has 3 rings (SSSR count). The first-order valence-corrected chi connectivity index (χ1v) is 8.72. The van der Waals surface area contributed by atoms with Crippen LogP contribution in [0.15, 0.2) is 53.7 Å². The van der Waals surface area contributed by atoms with Gasteiger partial charge >= 0.3 is 0 Å². The second-order valence-corrected chi connectivity index (χ2v) is 6.22. The molecule has 0 saturated heterocycles. The number of fused-ring (bicyclic) bond motifs is 1. The highest BCUT2D eigenvalue weighted by atomic mass is 32.2. The lowest BCUT2D eigenvalue weighted by atomic mass is 10.3. The predicted molar refractivity (Wildman–Crippen MR) is 94.2 cm³/mol. The molecule has 0 radical (unpaired) electrons. The monoisotopic (exact) mass is 346 g/mol. The van der Waals surface area contributed by atoms with E-state index in [1.54, 1.807) is 37.1 Å².